The molecule has 0 amide bonds. The summed E-state index contributed by atoms with van der Waals surface area (Å²) >= 11 is 0. The molecule has 12 nitrogen and oxygen atoms in total. The molecular weight excluding hydrogens is 997 g/mol. The van der Waals surface area contributed by atoms with Crippen LogP contribution in [-0.4, -0.2) is 89.2 Å². The van der Waals surface area contributed by atoms with Gasteiger partial charge in [0.25, 0.3) is 0 Å². The number of esters is 3. The number of aliphatic hydroxyl groups excluding tert-OH is 2. The molecule has 444 valence electrons. The molecular formula is C67H104O12. The first-order valence-corrected chi connectivity index (χ1v) is 30.2. The van der Waals surface area contributed by atoms with E-state index in [4.69, 9.17) is 23.7 Å². The van der Waals surface area contributed by atoms with Crippen LogP contribution in [0.4, 0.5) is 0 Å². The molecule has 3 N–H and O–H groups in total. The zero-order valence-electron chi connectivity index (χ0n) is 48.8. The summed E-state index contributed by atoms with van der Waals surface area (Å²) in [6.07, 6.45) is 62.7. The maximum atomic E-state index is 13.2. The summed E-state index contributed by atoms with van der Waals surface area (Å²) in [6.45, 7) is 5.66. The number of hydrogen-bond donors (Lipinski definition) is 3. The average Bonchev–Trinajstić information content (AvgIpc) is 3.44. The maximum absolute atomic E-state index is 13.2. The van der Waals surface area contributed by atoms with Crippen molar-refractivity contribution in [3.8, 4) is 0 Å². The highest BCUT2D eigenvalue weighted by molar-refractivity contribution is 5.74. The lowest BCUT2D eigenvalue weighted by molar-refractivity contribution is -0.301. The number of hydrogen-bond acceptors (Lipinski definition) is 11. The molecule has 0 saturated carbocycles. The molecule has 1 rings (SSSR count). The van der Waals surface area contributed by atoms with E-state index in [0.717, 1.165) is 135 Å². The summed E-state index contributed by atoms with van der Waals surface area (Å²) in [7, 11) is 0. The second-order valence-corrected chi connectivity index (χ2v) is 19.9. The van der Waals surface area contributed by atoms with Gasteiger partial charge < -0.3 is 39.0 Å². The van der Waals surface area contributed by atoms with Gasteiger partial charge in [-0.15, -0.1) is 0 Å². The summed E-state index contributed by atoms with van der Waals surface area (Å²) < 4.78 is 28.4. The van der Waals surface area contributed by atoms with Crippen LogP contribution >= 0.6 is 0 Å². The van der Waals surface area contributed by atoms with Crippen molar-refractivity contribution in [2.45, 2.75) is 250 Å². The van der Waals surface area contributed by atoms with Crippen LogP contribution in [0.5, 0.6) is 0 Å². The van der Waals surface area contributed by atoms with Crippen molar-refractivity contribution in [1.29, 1.82) is 0 Å². The Balaban J connectivity index is 2.75. The number of carboxylic acids is 1. The minimum Gasteiger partial charge on any atom is -0.479 e. The summed E-state index contributed by atoms with van der Waals surface area (Å²) in [6, 6.07) is 0. The van der Waals surface area contributed by atoms with Crippen LogP contribution in [-0.2, 0) is 42.9 Å². The Hall–Kier alpha value is -5.14. The van der Waals surface area contributed by atoms with Gasteiger partial charge in [-0.3, -0.25) is 14.4 Å². The van der Waals surface area contributed by atoms with E-state index in [0.29, 0.717) is 19.3 Å². The Kier molecular flexibility index (Phi) is 48.7. The molecule has 0 radical (unpaired) electrons. The molecule has 0 aliphatic carbocycles. The van der Waals surface area contributed by atoms with E-state index < -0.39 is 67.3 Å². The van der Waals surface area contributed by atoms with Gasteiger partial charge in [0.05, 0.1) is 6.61 Å². The van der Waals surface area contributed by atoms with Crippen LogP contribution in [0.1, 0.15) is 213 Å². The molecule has 0 spiro atoms. The number of carbonyl (C=O) groups is 4. The van der Waals surface area contributed by atoms with Gasteiger partial charge in [-0.2, -0.15) is 0 Å². The molecule has 6 unspecified atom stereocenters. The molecule has 1 fully saturated rings. The van der Waals surface area contributed by atoms with Gasteiger partial charge >= 0.3 is 23.9 Å². The second-order valence-electron chi connectivity index (χ2n) is 19.9. The Morgan fingerprint density at radius 1 is 0.430 bits per heavy atom. The summed E-state index contributed by atoms with van der Waals surface area (Å²) in [5.41, 5.74) is 0. The normalized spacial score (nSPS) is 18.8. The first kappa shape index (κ1) is 71.9. The fourth-order valence-corrected chi connectivity index (χ4v) is 8.12. The summed E-state index contributed by atoms with van der Waals surface area (Å²) in [5.74, 6) is -3.26. The van der Waals surface area contributed by atoms with Crippen molar-refractivity contribution in [2.75, 3.05) is 13.2 Å². The Labute approximate surface area is 477 Å². The van der Waals surface area contributed by atoms with E-state index in [1.807, 2.05) is 0 Å². The molecule has 6 atom stereocenters. The number of carboxylic acid groups (broad SMARTS) is 1. The van der Waals surface area contributed by atoms with Gasteiger partial charge in [0.15, 0.2) is 24.6 Å². The molecule has 12 heteroatoms. The summed E-state index contributed by atoms with van der Waals surface area (Å²) in [5, 5.41) is 31.5. The molecule has 0 aromatic rings. The van der Waals surface area contributed by atoms with E-state index in [-0.39, 0.29) is 25.9 Å². The molecule has 1 aliphatic rings. The van der Waals surface area contributed by atoms with Crippen molar-refractivity contribution in [3.63, 3.8) is 0 Å². The molecule has 0 aromatic carbocycles. The molecule has 1 aliphatic heterocycles. The Morgan fingerprint density at radius 2 is 0.797 bits per heavy atom. The van der Waals surface area contributed by atoms with Crippen LogP contribution in [0.3, 0.4) is 0 Å². The van der Waals surface area contributed by atoms with Crippen LogP contribution in [0.15, 0.2) is 134 Å². The third-order valence-corrected chi connectivity index (χ3v) is 12.7. The second kappa shape index (κ2) is 53.5. The zero-order valence-corrected chi connectivity index (χ0v) is 48.8. The highest BCUT2D eigenvalue weighted by Gasteiger charge is 2.50. The van der Waals surface area contributed by atoms with E-state index in [1.54, 1.807) is 0 Å². The number of ether oxygens (including phenoxy) is 5. The largest absolute Gasteiger partial charge is 0.479 e. The molecule has 1 saturated heterocycles. The minimum absolute atomic E-state index is 0.00780. The van der Waals surface area contributed by atoms with Crippen molar-refractivity contribution in [3.05, 3.63) is 134 Å². The number of aliphatic hydroxyl groups is 2. The lowest BCUT2D eigenvalue weighted by Gasteiger charge is -2.40. The topological polar surface area (TPSA) is 175 Å². The van der Waals surface area contributed by atoms with Crippen molar-refractivity contribution >= 4 is 23.9 Å². The fourth-order valence-electron chi connectivity index (χ4n) is 8.12. The third kappa shape index (κ3) is 43.4. The molecule has 79 heavy (non-hydrogen) atoms. The van der Waals surface area contributed by atoms with Crippen LogP contribution in [0, 0.1) is 0 Å². The van der Waals surface area contributed by atoms with E-state index in [1.165, 1.54) is 19.3 Å². The lowest BCUT2D eigenvalue weighted by Crippen LogP contribution is -2.61. The van der Waals surface area contributed by atoms with Crippen LogP contribution < -0.4 is 0 Å². The molecule has 0 bridgehead atoms. The predicted octanol–water partition coefficient (Wildman–Crippen LogP) is 15.8. The Morgan fingerprint density at radius 3 is 1.25 bits per heavy atom. The third-order valence-electron chi connectivity index (χ3n) is 12.7. The summed E-state index contributed by atoms with van der Waals surface area (Å²) in [4.78, 5) is 51.2. The lowest BCUT2D eigenvalue weighted by atomic mass is 9.98. The van der Waals surface area contributed by atoms with Crippen molar-refractivity contribution < 1.29 is 58.2 Å². The van der Waals surface area contributed by atoms with Crippen LogP contribution in [0.25, 0.3) is 0 Å². The number of allylic oxidation sites excluding steroid dienone is 22. The van der Waals surface area contributed by atoms with Gasteiger partial charge in [-0.25, -0.2) is 4.79 Å². The quantitative estimate of drug-likeness (QED) is 0.0228. The van der Waals surface area contributed by atoms with Crippen molar-refractivity contribution in [2.24, 2.45) is 0 Å². The monoisotopic (exact) mass is 1100 g/mol. The van der Waals surface area contributed by atoms with Gasteiger partial charge in [-0.05, 0) is 135 Å². The first-order valence-electron chi connectivity index (χ1n) is 30.2. The van der Waals surface area contributed by atoms with Gasteiger partial charge in [-0.1, -0.05) is 193 Å². The fraction of sp³-hybridized carbons (Fsp3) is 0.612. The highest BCUT2D eigenvalue weighted by Crippen LogP contribution is 2.26. The highest BCUT2D eigenvalue weighted by atomic mass is 16.7. The SMILES string of the molecule is CC/C=C\C/C=C\C/C=C\C/C=C\C/C=C\CCCCCC(=O)OC1C(OCC(COC(=O)CCCC/C=C\C/C=C\C/C=C\C/C=C\CC)OC(=O)CCCCCCC/C=C\C/C=C\CCCCC)OC(C(=O)O)C(O)C1O. The molecule has 0 aromatic heterocycles. The number of carbonyl (C=O) groups excluding carboxylic acids is 3. The number of rotatable bonds is 49. The number of unbranched alkanes of at least 4 members (excludes halogenated alkanes) is 13. The smallest absolute Gasteiger partial charge is 0.335 e. The first-order chi connectivity index (χ1) is 38.6. The standard InChI is InChI=1S/C67H104O12/c1-4-7-10-13-16-19-22-25-28-29-30-31-34-37-40-43-46-49-52-55-61(70)78-65-63(72)62(71)64(66(73)74)79-67(65)76-57-58(77-60(69)54-51-48-45-42-39-36-33-27-24-21-18-15-12-9-6-3)56-75-59(68)53-50-47-44-41-38-35-32-26-23-20-17-14-11-8-5-2/h7-8,10-11,16-21,25-28,30-33,37-38,40-41,58,62-65,67,71-72H,4-6,9,12-15,22-24,29,34-36,39,42-57H2,1-3H3,(H,73,74)/b10-7-,11-8-,19-16-,20-17-,21-18-,28-25-,31-30-,32-26-,33-27-,40-37-,41-38-. The van der Waals surface area contributed by atoms with Gasteiger partial charge in [0.2, 0.25) is 0 Å². The molecule has 1 heterocycles. The van der Waals surface area contributed by atoms with Gasteiger partial charge in [0.1, 0.15) is 18.8 Å². The van der Waals surface area contributed by atoms with E-state index in [9.17, 15) is 34.5 Å². The Bertz CT molecular complexity index is 1880. The van der Waals surface area contributed by atoms with Gasteiger partial charge in [0, 0.05) is 19.3 Å². The predicted molar refractivity (Wildman–Crippen MR) is 321 cm³/mol. The average molecular weight is 1100 g/mol. The van der Waals surface area contributed by atoms with E-state index >= 15 is 0 Å². The zero-order chi connectivity index (χ0) is 57.5. The maximum Gasteiger partial charge on any atom is 0.335 e. The minimum atomic E-state index is -1.93. The van der Waals surface area contributed by atoms with E-state index in [2.05, 4.69) is 154 Å². The van der Waals surface area contributed by atoms with Crippen molar-refractivity contribution in [1.82, 2.24) is 0 Å². The number of aliphatic carboxylic acids is 1. The van der Waals surface area contributed by atoms with Crippen LogP contribution in [0.2, 0.25) is 0 Å².